The lowest BCUT2D eigenvalue weighted by Crippen LogP contribution is -2.22. The van der Waals surface area contributed by atoms with E-state index in [-0.39, 0.29) is 11.9 Å². The number of benzene rings is 1. The Hall–Kier alpha value is -0.710. The summed E-state index contributed by atoms with van der Waals surface area (Å²) in [6.45, 7) is 2.88. The Labute approximate surface area is 113 Å². The highest BCUT2D eigenvalue weighted by Gasteiger charge is 2.16. The molecule has 1 aromatic heterocycles. The van der Waals surface area contributed by atoms with Crippen LogP contribution in [0.25, 0.3) is 0 Å². The van der Waals surface area contributed by atoms with Crippen LogP contribution in [-0.4, -0.2) is 6.54 Å². The molecule has 0 spiro atoms. The van der Waals surface area contributed by atoms with E-state index in [1.807, 2.05) is 12.3 Å². The van der Waals surface area contributed by atoms with Crippen molar-refractivity contribution < 1.29 is 4.39 Å². The van der Waals surface area contributed by atoms with Crippen molar-refractivity contribution in [3.63, 3.8) is 0 Å². The van der Waals surface area contributed by atoms with Crippen LogP contribution in [0.1, 0.15) is 24.1 Å². The van der Waals surface area contributed by atoms with Crippen molar-refractivity contribution in [2.75, 3.05) is 6.54 Å². The van der Waals surface area contributed by atoms with Crippen molar-refractivity contribution in [3.8, 4) is 0 Å². The minimum atomic E-state index is -0.207. The summed E-state index contributed by atoms with van der Waals surface area (Å²) < 4.78 is 14.3. The topological polar surface area (TPSA) is 12.0 Å². The largest absolute Gasteiger partial charge is 0.306 e. The van der Waals surface area contributed by atoms with E-state index < -0.39 is 0 Å². The lowest BCUT2D eigenvalue weighted by Gasteiger charge is -2.19. The molecule has 0 radical (unpaired) electrons. The molecule has 0 aliphatic heterocycles. The van der Waals surface area contributed by atoms with Crippen molar-refractivity contribution in [1.82, 2.24) is 5.32 Å². The maximum atomic E-state index is 13.3. The van der Waals surface area contributed by atoms with Gasteiger partial charge in [0.05, 0.1) is 6.04 Å². The van der Waals surface area contributed by atoms with Crippen LogP contribution in [0.2, 0.25) is 0 Å². The van der Waals surface area contributed by atoms with E-state index in [4.69, 9.17) is 0 Å². The van der Waals surface area contributed by atoms with E-state index in [9.17, 15) is 4.39 Å². The third kappa shape index (κ3) is 2.94. The van der Waals surface area contributed by atoms with Crippen molar-refractivity contribution in [1.29, 1.82) is 0 Å². The van der Waals surface area contributed by atoms with Gasteiger partial charge in [0.2, 0.25) is 0 Å². The first-order chi connectivity index (χ1) is 8.22. The van der Waals surface area contributed by atoms with Crippen LogP contribution in [0.3, 0.4) is 0 Å². The SMILES string of the molecule is CCNC(c1ccsc1)c1cc(F)ccc1Br. The fourth-order valence-corrected chi connectivity index (χ4v) is 2.95. The fourth-order valence-electron chi connectivity index (χ4n) is 1.79. The Morgan fingerprint density at radius 1 is 1.41 bits per heavy atom. The average molecular weight is 314 g/mol. The standard InChI is InChI=1S/C13H13BrFNS/c1-2-16-13(9-5-6-17-8-9)11-7-10(15)3-4-12(11)14/h3-8,13,16H,2H2,1H3. The molecule has 0 aliphatic rings. The summed E-state index contributed by atoms with van der Waals surface area (Å²) in [5.74, 6) is -0.207. The van der Waals surface area contributed by atoms with E-state index in [0.29, 0.717) is 0 Å². The molecule has 1 atom stereocenters. The van der Waals surface area contributed by atoms with Crippen LogP contribution in [0, 0.1) is 5.82 Å². The molecule has 0 fully saturated rings. The number of halogens is 2. The van der Waals surface area contributed by atoms with Gasteiger partial charge in [-0.3, -0.25) is 0 Å². The molecule has 1 unspecified atom stereocenters. The summed E-state index contributed by atoms with van der Waals surface area (Å²) in [6, 6.07) is 6.90. The third-order valence-corrected chi connectivity index (χ3v) is 3.98. The van der Waals surface area contributed by atoms with E-state index in [2.05, 4.69) is 32.7 Å². The average Bonchev–Trinajstić information content (AvgIpc) is 2.83. The zero-order valence-corrected chi connectivity index (χ0v) is 11.8. The second-order valence-corrected chi connectivity index (χ2v) is 5.35. The highest BCUT2D eigenvalue weighted by Crippen LogP contribution is 2.30. The maximum Gasteiger partial charge on any atom is 0.123 e. The smallest absolute Gasteiger partial charge is 0.123 e. The van der Waals surface area contributed by atoms with Gasteiger partial charge in [-0.2, -0.15) is 11.3 Å². The molecule has 0 amide bonds. The molecule has 0 saturated carbocycles. The summed E-state index contributed by atoms with van der Waals surface area (Å²) in [4.78, 5) is 0. The Morgan fingerprint density at radius 2 is 2.24 bits per heavy atom. The van der Waals surface area contributed by atoms with Crippen molar-refractivity contribution in [2.24, 2.45) is 0 Å². The first kappa shape index (κ1) is 12.7. The van der Waals surface area contributed by atoms with Gasteiger partial charge in [0.1, 0.15) is 5.82 Å². The second kappa shape index (κ2) is 5.76. The molecule has 1 nitrogen and oxygen atoms in total. The van der Waals surface area contributed by atoms with Gasteiger partial charge in [0.25, 0.3) is 0 Å². The van der Waals surface area contributed by atoms with Gasteiger partial charge in [0, 0.05) is 4.47 Å². The van der Waals surface area contributed by atoms with Crippen molar-refractivity contribution in [2.45, 2.75) is 13.0 Å². The van der Waals surface area contributed by atoms with Crippen LogP contribution < -0.4 is 5.32 Å². The molecule has 0 aliphatic carbocycles. The number of rotatable bonds is 4. The van der Waals surface area contributed by atoms with Crippen LogP contribution in [-0.2, 0) is 0 Å². The molecule has 1 N–H and O–H groups in total. The Kier molecular flexibility index (Phi) is 4.31. The first-order valence-corrected chi connectivity index (χ1v) is 7.16. The van der Waals surface area contributed by atoms with Gasteiger partial charge in [-0.05, 0) is 52.7 Å². The van der Waals surface area contributed by atoms with Gasteiger partial charge in [-0.25, -0.2) is 4.39 Å². The predicted octanol–water partition coefficient (Wildman–Crippen LogP) is 4.35. The highest BCUT2D eigenvalue weighted by atomic mass is 79.9. The van der Waals surface area contributed by atoms with Gasteiger partial charge >= 0.3 is 0 Å². The molecular weight excluding hydrogens is 301 g/mol. The predicted molar refractivity (Wildman–Crippen MR) is 73.9 cm³/mol. The van der Waals surface area contributed by atoms with Crippen LogP contribution >= 0.6 is 27.3 Å². The van der Waals surface area contributed by atoms with E-state index in [1.165, 1.54) is 11.6 Å². The number of nitrogens with one attached hydrogen (secondary N) is 1. The summed E-state index contributed by atoms with van der Waals surface area (Å²) in [6.07, 6.45) is 0. The Morgan fingerprint density at radius 3 is 2.88 bits per heavy atom. The first-order valence-electron chi connectivity index (χ1n) is 5.42. The minimum absolute atomic E-state index is 0.0383. The summed E-state index contributed by atoms with van der Waals surface area (Å²) in [5.41, 5.74) is 2.11. The summed E-state index contributed by atoms with van der Waals surface area (Å²) in [7, 11) is 0. The van der Waals surface area contributed by atoms with E-state index in [1.54, 1.807) is 23.5 Å². The molecule has 90 valence electrons. The molecule has 2 rings (SSSR count). The quantitative estimate of drug-likeness (QED) is 0.885. The molecule has 1 aromatic carbocycles. The van der Waals surface area contributed by atoms with Gasteiger partial charge in [-0.1, -0.05) is 22.9 Å². The van der Waals surface area contributed by atoms with Gasteiger partial charge in [-0.15, -0.1) is 0 Å². The van der Waals surface area contributed by atoms with Crippen molar-refractivity contribution >= 4 is 27.3 Å². The third-order valence-electron chi connectivity index (χ3n) is 2.55. The van der Waals surface area contributed by atoms with Crippen LogP contribution in [0.15, 0.2) is 39.5 Å². The Balaban J connectivity index is 2.42. The number of thiophene rings is 1. The molecule has 0 bridgehead atoms. The minimum Gasteiger partial charge on any atom is -0.306 e. The van der Waals surface area contributed by atoms with E-state index in [0.717, 1.165) is 16.6 Å². The maximum absolute atomic E-state index is 13.3. The molecule has 1 heterocycles. The lowest BCUT2D eigenvalue weighted by atomic mass is 10.0. The highest BCUT2D eigenvalue weighted by molar-refractivity contribution is 9.10. The van der Waals surface area contributed by atoms with E-state index >= 15 is 0 Å². The lowest BCUT2D eigenvalue weighted by molar-refractivity contribution is 0.602. The normalized spacial score (nSPS) is 12.6. The van der Waals surface area contributed by atoms with Crippen molar-refractivity contribution in [3.05, 3.63) is 56.4 Å². The van der Waals surface area contributed by atoms with Crippen LogP contribution in [0.4, 0.5) is 4.39 Å². The van der Waals surface area contributed by atoms with Gasteiger partial charge in [0.15, 0.2) is 0 Å². The molecule has 17 heavy (non-hydrogen) atoms. The number of hydrogen-bond donors (Lipinski definition) is 1. The zero-order chi connectivity index (χ0) is 12.3. The number of hydrogen-bond acceptors (Lipinski definition) is 2. The molecule has 2 aromatic rings. The monoisotopic (exact) mass is 313 g/mol. The summed E-state index contributed by atoms with van der Waals surface area (Å²) >= 11 is 5.13. The van der Waals surface area contributed by atoms with Crippen LogP contribution in [0.5, 0.6) is 0 Å². The second-order valence-electron chi connectivity index (χ2n) is 3.71. The zero-order valence-electron chi connectivity index (χ0n) is 9.41. The Bertz CT molecular complexity index is 484. The van der Waals surface area contributed by atoms with Gasteiger partial charge < -0.3 is 5.32 Å². The summed E-state index contributed by atoms with van der Waals surface area (Å²) in [5, 5.41) is 7.50. The molecular formula is C13H13BrFNS. The molecule has 4 heteroatoms. The fraction of sp³-hybridized carbons (Fsp3) is 0.231. The molecule has 0 saturated heterocycles.